The topological polar surface area (TPSA) is 76.7 Å². The van der Waals surface area contributed by atoms with Gasteiger partial charge >= 0.3 is 0 Å². The lowest BCUT2D eigenvalue weighted by Gasteiger charge is -2.14. The third-order valence-electron chi connectivity index (χ3n) is 3.94. The summed E-state index contributed by atoms with van der Waals surface area (Å²) in [6, 6.07) is 14.8. The number of hydrogen-bond acceptors (Lipinski definition) is 4. The van der Waals surface area contributed by atoms with Gasteiger partial charge in [0, 0.05) is 0 Å². The first-order valence-corrected chi connectivity index (χ1v) is 8.35. The Morgan fingerprint density at radius 3 is 2.31 bits per heavy atom. The summed E-state index contributed by atoms with van der Waals surface area (Å²) >= 11 is 0. The van der Waals surface area contributed by atoms with E-state index < -0.39 is 0 Å². The molecule has 0 saturated carbocycles. The van der Waals surface area contributed by atoms with Gasteiger partial charge in [-0.15, -0.1) is 0 Å². The van der Waals surface area contributed by atoms with Crippen molar-refractivity contribution in [1.82, 2.24) is 10.6 Å². The first-order chi connectivity index (χ1) is 12.5. The van der Waals surface area contributed by atoms with Crippen LogP contribution in [0.4, 0.5) is 0 Å². The summed E-state index contributed by atoms with van der Waals surface area (Å²) in [5, 5.41) is 5.49. The highest BCUT2D eigenvalue weighted by atomic mass is 16.5. The van der Waals surface area contributed by atoms with E-state index in [0.29, 0.717) is 11.5 Å². The molecule has 1 atom stereocenters. The van der Waals surface area contributed by atoms with Gasteiger partial charge in [-0.3, -0.25) is 9.59 Å². The molecule has 2 aromatic carbocycles. The molecule has 0 saturated heterocycles. The fraction of sp³-hybridized carbons (Fsp3) is 0.300. The Bertz CT molecular complexity index is 747. The smallest absolute Gasteiger partial charge is 0.239 e. The average Bonchev–Trinajstić information content (AvgIpc) is 2.67. The van der Waals surface area contributed by atoms with Gasteiger partial charge in [-0.25, -0.2) is 0 Å². The van der Waals surface area contributed by atoms with Gasteiger partial charge in [-0.2, -0.15) is 0 Å². The molecule has 6 heteroatoms. The molecular weight excluding hydrogens is 332 g/mol. The first kappa shape index (κ1) is 19.3. The Balaban J connectivity index is 1.82. The van der Waals surface area contributed by atoms with Gasteiger partial charge in [-0.05, 0) is 30.2 Å². The maximum Gasteiger partial charge on any atom is 0.239 e. The lowest BCUT2D eigenvalue weighted by atomic mass is 10.1. The fourth-order valence-electron chi connectivity index (χ4n) is 2.53. The molecule has 0 spiro atoms. The highest BCUT2D eigenvalue weighted by Crippen LogP contribution is 2.27. The highest BCUT2D eigenvalue weighted by Gasteiger charge is 2.12. The molecule has 1 unspecified atom stereocenters. The van der Waals surface area contributed by atoms with Crippen molar-refractivity contribution < 1.29 is 19.1 Å². The van der Waals surface area contributed by atoms with Gasteiger partial charge < -0.3 is 20.1 Å². The normalized spacial score (nSPS) is 11.3. The number of carbonyl (C=O) groups excluding carboxylic acids is 2. The maximum atomic E-state index is 12.1. The molecular formula is C20H24N2O4. The van der Waals surface area contributed by atoms with Gasteiger partial charge in [0.1, 0.15) is 0 Å². The largest absolute Gasteiger partial charge is 0.493 e. The zero-order chi connectivity index (χ0) is 18.9. The van der Waals surface area contributed by atoms with E-state index in [1.807, 2.05) is 37.3 Å². The highest BCUT2D eigenvalue weighted by molar-refractivity contribution is 5.86. The summed E-state index contributed by atoms with van der Waals surface area (Å²) in [7, 11) is 3.10. The summed E-state index contributed by atoms with van der Waals surface area (Å²) < 4.78 is 10.4. The number of hydrogen-bond donors (Lipinski definition) is 2. The van der Waals surface area contributed by atoms with Crippen molar-refractivity contribution in [3.05, 3.63) is 59.7 Å². The summed E-state index contributed by atoms with van der Waals surface area (Å²) in [4.78, 5) is 24.1. The second-order valence-corrected chi connectivity index (χ2v) is 5.84. The molecule has 26 heavy (non-hydrogen) atoms. The standard InChI is InChI=1S/C20H24N2O4/c1-14(16-7-5-4-6-8-16)22-20(24)13-21-19(23)12-15-9-10-17(25-2)18(11-15)26-3/h4-11,14H,12-13H2,1-3H3,(H,21,23)(H,22,24). The van der Waals surface area contributed by atoms with Crippen LogP contribution in [0.3, 0.4) is 0 Å². The van der Waals surface area contributed by atoms with Crippen LogP contribution in [-0.2, 0) is 16.0 Å². The third-order valence-corrected chi connectivity index (χ3v) is 3.94. The number of methoxy groups -OCH3 is 2. The van der Waals surface area contributed by atoms with Gasteiger partial charge in [0.2, 0.25) is 11.8 Å². The molecule has 0 aliphatic rings. The van der Waals surface area contributed by atoms with E-state index in [1.165, 1.54) is 0 Å². The number of ether oxygens (including phenoxy) is 2. The third kappa shape index (κ3) is 5.51. The molecule has 2 aromatic rings. The van der Waals surface area contributed by atoms with Crippen LogP contribution in [0.15, 0.2) is 48.5 Å². The average molecular weight is 356 g/mol. The lowest BCUT2D eigenvalue weighted by molar-refractivity contribution is -0.126. The second-order valence-electron chi connectivity index (χ2n) is 5.84. The molecule has 2 rings (SSSR count). The number of amides is 2. The van der Waals surface area contributed by atoms with Crippen LogP contribution in [0.25, 0.3) is 0 Å². The van der Waals surface area contributed by atoms with Crippen LogP contribution in [-0.4, -0.2) is 32.6 Å². The van der Waals surface area contributed by atoms with Crippen LogP contribution in [0.1, 0.15) is 24.1 Å². The van der Waals surface area contributed by atoms with Crippen molar-refractivity contribution in [2.75, 3.05) is 20.8 Å². The van der Waals surface area contributed by atoms with E-state index in [4.69, 9.17) is 9.47 Å². The lowest BCUT2D eigenvalue weighted by Crippen LogP contribution is -2.38. The van der Waals surface area contributed by atoms with E-state index in [9.17, 15) is 9.59 Å². The minimum Gasteiger partial charge on any atom is -0.493 e. The Morgan fingerprint density at radius 2 is 1.65 bits per heavy atom. The Morgan fingerprint density at radius 1 is 0.962 bits per heavy atom. The van der Waals surface area contributed by atoms with E-state index in [2.05, 4.69) is 10.6 Å². The monoisotopic (exact) mass is 356 g/mol. The first-order valence-electron chi connectivity index (χ1n) is 8.35. The number of rotatable bonds is 8. The second kappa shape index (κ2) is 9.46. The van der Waals surface area contributed by atoms with Crippen LogP contribution in [0.5, 0.6) is 11.5 Å². The fourth-order valence-corrected chi connectivity index (χ4v) is 2.53. The molecule has 6 nitrogen and oxygen atoms in total. The Hall–Kier alpha value is -3.02. The van der Waals surface area contributed by atoms with Crippen molar-refractivity contribution in [3.63, 3.8) is 0 Å². The minimum atomic E-state index is -0.236. The van der Waals surface area contributed by atoms with Gasteiger partial charge in [0.05, 0.1) is 33.2 Å². The Kier molecular flexibility index (Phi) is 7.02. The number of benzene rings is 2. The van der Waals surface area contributed by atoms with Crippen LogP contribution < -0.4 is 20.1 Å². The molecule has 0 bridgehead atoms. The quantitative estimate of drug-likeness (QED) is 0.761. The molecule has 0 aliphatic heterocycles. The SMILES string of the molecule is COc1ccc(CC(=O)NCC(=O)NC(C)c2ccccc2)cc1OC. The van der Waals surface area contributed by atoms with Crippen molar-refractivity contribution in [1.29, 1.82) is 0 Å². The molecule has 2 N–H and O–H groups in total. The van der Waals surface area contributed by atoms with Gasteiger partial charge in [0.25, 0.3) is 0 Å². The summed E-state index contributed by atoms with van der Waals surface area (Å²) in [6.45, 7) is 1.84. The summed E-state index contributed by atoms with van der Waals surface area (Å²) in [6.07, 6.45) is 0.155. The minimum absolute atomic E-state index is 0.0662. The predicted molar refractivity (Wildman–Crippen MR) is 99.3 cm³/mol. The Labute approximate surface area is 153 Å². The number of nitrogens with one attached hydrogen (secondary N) is 2. The van der Waals surface area contributed by atoms with E-state index in [-0.39, 0.29) is 30.8 Å². The van der Waals surface area contributed by atoms with E-state index in [1.54, 1.807) is 32.4 Å². The molecule has 0 fully saturated rings. The molecule has 0 aromatic heterocycles. The van der Waals surface area contributed by atoms with Crippen LogP contribution in [0, 0.1) is 0 Å². The van der Waals surface area contributed by atoms with Crippen molar-refractivity contribution in [2.24, 2.45) is 0 Å². The molecule has 0 heterocycles. The molecule has 2 amide bonds. The van der Waals surface area contributed by atoms with Gasteiger partial charge in [-0.1, -0.05) is 36.4 Å². The van der Waals surface area contributed by atoms with Crippen molar-refractivity contribution >= 4 is 11.8 Å². The van der Waals surface area contributed by atoms with Crippen LogP contribution in [0.2, 0.25) is 0 Å². The zero-order valence-electron chi connectivity index (χ0n) is 15.2. The van der Waals surface area contributed by atoms with Gasteiger partial charge in [0.15, 0.2) is 11.5 Å². The molecule has 0 radical (unpaired) electrons. The summed E-state index contributed by atoms with van der Waals surface area (Å²) in [5.74, 6) is 0.694. The summed E-state index contributed by atoms with van der Waals surface area (Å²) in [5.41, 5.74) is 1.79. The molecule has 138 valence electrons. The predicted octanol–water partition coefficient (Wildman–Crippen LogP) is 2.24. The van der Waals surface area contributed by atoms with Crippen LogP contribution >= 0.6 is 0 Å². The van der Waals surface area contributed by atoms with E-state index in [0.717, 1.165) is 11.1 Å². The number of carbonyl (C=O) groups is 2. The van der Waals surface area contributed by atoms with E-state index >= 15 is 0 Å². The zero-order valence-corrected chi connectivity index (χ0v) is 15.2. The molecule has 0 aliphatic carbocycles. The van der Waals surface area contributed by atoms with Crippen molar-refractivity contribution in [3.8, 4) is 11.5 Å². The van der Waals surface area contributed by atoms with Crippen molar-refractivity contribution in [2.45, 2.75) is 19.4 Å². The maximum absolute atomic E-state index is 12.1.